The highest BCUT2D eigenvalue weighted by Crippen LogP contribution is 2.26. The Morgan fingerprint density at radius 3 is 2.65 bits per heavy atom. The summed E-state index contributed by atoms with van der Waals surface area (Å²) in [5, 5.41) is 11.7. The summed E-state index contributed by atoms with van der Waals surface area (Å²) >= 11 is 0. The van der Waals surface area contributed by atoms with Crippen LogP contribution in [0.1, 0.15) is 38.7 Å². The van der Waals surface area contributed by atoms with Crippen molar-refractivity contribution < 1.29 is 19.0 Å². The van der Waals surface area contributed by atoms with E-state index >= 15 is 0 Å². The summed E-state index contributed by atoms with van der Waals surface area (Å²) in [6.07, 6.45) is 5.03. The average molecular weight is 421 g/mol. The Morgan fingerprint density at radius 2 is 1.94 bits per heavy atom. The van der Waals surface area contributed by atoms with Gasteiger partial charge in [0.15, 0.2) is 5.79 Å². The van der Waals surface area contributed by atoms with Crippen LogP contribution in [0.2, 0.25) is 0 Å². The van der Waals surface area contributed by atoms with E-state index in [1.165, 1.54) is 24.9 Å². The summed E-state index contributed by atoms with van der Waals surface area (Å²) in [7, 11) is 0. The average Bonchev–Trinajstić information content (AvgIpc) is 3.14. The van der Waals surface area contributed by atoms with Crippen molar-refractivity contribution in [2.75, 3.05) is 31.2 Å². The molecule has 0 amide bonds. The molecule has 4 rings (SSSR count). The zero-order chi connectivity index (χ0) is 21.8. The first kappa shape index (κ1) is 21.4. The summed E-state index contributed by atoms with van der Waals surface area (Å²) in [5.74, 6) is -1.33. The van der Waals surface area contributed by atoms with Crippen molar-refractivity contribution in [3.05, 3.63) is 47.5 Å². The van der Waals surface area contributed by atoms with Crippen molar-refractivity contribution in [2.45, 2.75) is 45.0 Å². The molecule has 1 atom stereocenters. The van der Waals surface area contributed by atoms with Crippen molar-refractivity contribution in [3.63, 3.8) is 0 Å². The lowest BCUT2D eigenvalue weighted by atomic mass is 10.0. The predicted molar refractivity (Wildman–Crippen MR) is 119 cm³/mol. The van der Waals surface area contributed by atoms with Gasteiger partial charge in [-0.05, 0) is 73.7 Å². The Hall–Kier alpha value is -2.88. The molecule has 0 bridgehead atoms. The van der Waals surface area contributed by atoms with E-state index < -0.39 is 11.8 Å². The minimum atomic E-state index is -0.677. The first-order valence-electron chi connectivity index (χ1n) is 10.8. The maximum Gasteiger partial charge on any atom is 0.348 e. The van der Waals surface area contributed by atoms with Crippen LogP contribution in [0.4, 0.5) is 5.69 Å². The number of ether oxygens (including phenoxy) is 3. The van der Waals surface area contributed by atoms with E-state index in [4.69, 9.17) is 14.2 Å². The molecule has 31 heavy (non-hydrogen) atoms. The highest BCUT2D eigenvalue weighted by molar-refractivity contribution is 5.98. The molecule has 1 unspecified atom stereocenters. The van der Waals surface area contributed by atoms with Crippen LogP contribution >= 0.6 is 0 Å². The van der Waals surface area contributed by atoms with Crippen LogP contribution in [0, 0.1) is 11.3 Å². The summed E-state index contributed by atoms with van der Waals surface area (Å²) in [5.41, 5.74) is 1.99. The molecule has 0 radical (unpaired) electrons. The molecule has 6 nitrogen and oxygen atoms in total. The number of carbonyl (C=O) groups is 1. The van der Waals surface area contributed by atoms with Gasteiger partial charge in [0, 0.05) is 18.8 Å². The van der Waals surface area contributed by atoms with Gasteiger partial charge in [-0.25, -0.2) is 4.79 Å². The van der Waals surface area contributed by atoms with Gasteiger partial charge < -0.3 is 19.1 Å². The Balaban J connectivity index is 1.45. The molecule has 2 aromatic carbocycles. The fraction of sp³-hybridized carbons (Fsp3) is 0.440. The second-order valence-electron chi connectivity index (χ2n) is 8.56. The lowest BCUT2D eigenvalue weighted by molar-refractivity contribution is -0.155. The van der Waals surface area contributed by atoms with E-state index in [0.29, 0.717) is 6.61 Å². The van der Waals surface area contributed by atoms with Gasteiger partial charge in [-0.15, -0.1) is 0 Å². The molecule has 0 saturated carbocycles. The first-order valence-corrected chi connectivity index (χ1v) is 10.8. The Bertz CT molecular complexity index is 1030. The van der Waals surface area contributed by atoms with E-state index in [-0.39, 0.29) is 18.3 Å². The largest absolute Gasteiger partial charge is 0.459 e. The van der Waals surface area contributed by atoms with Gasteiger partial charge >= 0.3 is 5.97 Å². The number of carbonyl (C=O) groups excluding carboxylic acids is 1. The third kappa shape index (κ3) is 5.25. The number of nitriles is 1. The molecule has 2 aromatic rings. The van der Waals surface area contributed by atoms with Gasteiger partial charge in [0.25, 0.3) is 0 Å². The van der Waals surface area contributed by atoms with E-state index in [1.54, 1.807) is 6.08 Å². The molecule has 2 fully saturated rings. The third-order valence-corrected chi connectivity index (χ3v) is 5.69. The van der Waals surface area contributed by atoms with Crippen molar-refractivity contribution in [2.24, 2.45) is 0 Å². The van der Waals surface area contributed by atoms with Crippen LogP contribution in [0.5, 0.6) is 0 Å². The molecular formula is C25H28N2O4. The second kappa shape index (κ2) is 9.09. The monoisotopic (exact) mass is 420 g/mol. The quantitative estimate of drug-likeness (QED) is 0.405. The number of nitrogens with zero attached hydrogens (tertiary/aromatic N) is 2. The van der Waals surface area contributed by atoms with E-state index in [1.807, 2.05) is 38.1 Å². The zero-order valence-corrected chi connectivity index (χ0v) is 18.1. The minimum Gasteiger partial charge on any atom is -0.459 e. The SMILES string of the molecule is CC1(C)OCC(COC(=O)/C(C#N)=C/c2ccc3cc(N4CCCCC4)ccc3c2)O1. The highest BCUT2D eigenvalue weighted by atomic mass is 16.7. The lowest BCUT2D eigenvalue weighted by Crippen LogP contribution is -2.29. The lowest BCUT2D eigenvalue weighted by Gasteiger charge is -2.29. The van der Waals surface area contributed by atoms with Crippen molar-refractivity contribution >= 4 is 28.5 Å². The van der Waals surface area contributed by atoms with Crippen LogP contribution in [-0.2, 0) is 19.0 Å². The van der Waals surface area contributed by atoms with Crippen LogP contribution in [0.15, 0.2) is 42.0 Å². The van der Waals surface area contributed by atoms with Crippen molar-refractivity contribution in [1.82, 2.24) is 0 Å². The van der Waals surface area contributed by atoms with Crippen molar-refractivity contribution in [1.29, 1.82) is 5.26 Å². The summed E-state index contributed by atoms with van der Waals surface area (Å²) in [6, 6.07) is 14.3. The van der Waals surface area contributed by atoms with E-state index in [9.17, 15) is 10.1 Å². The molecule has 2 aliphatic heterocycles. The third-order valence-electron chi connectivity index (χ3n) is 5.69. The standard InChI is InChI=1S/C25H28N2O4/c1-25(2)30-17-23(31-25)16-29-24(28)21(15-26)13-18-6-7-20-14-22(9-8-19(20)12-18)27-10-4-3-5-11-27/h6-9,12-14,23H,3-5,10-11,16-17H2,1-2H3/b21-13+. The molecule has 2 saturated heterocycles. The van der Waals surface area contributed by atoms with Crippen molar-refractivity contribution in [3.8, 4) is 6.07 Å². The van der Waals surface area contributed by atoms with Gasteiger partial charge in [-0.3, -0.25) is 0 Å². The summed E-state index contributed by atoms with van der Waals surface area (Å²) in [4.78, 5) is 14.8. The van der Waals surface area contributed by atoms with Gasteiger partial charge in [-0.2, -0.15) is 5.26 Å². The summed E-state index contributed by atoms with van der Waals surface area (Å²) in [6.45, 7) is 6.24. The number of hydrogen-bond donors (Lipinski definition) is 0. The molecule has 0 aliphatic carbocycles. The first-order chi connectivity index (χ1) is 14.9. The number of fused-ring (bicyclic) bond motifs is 1. The molecule has 0 N–H and O–H groups in total. The van der Waals surface area contributed by atoms with Crippen LogP contribution in [-0.4, -0.2) is 44.2 Å². The van der Waals surface area contributed by atoms with Crippen LogP contribution in [0.3, 0.4) is 0 Å². The maximum atomic E-state index is 12.4. The Kier molecular flexibility index (Phi) is 6.26. The molecular weight excluding hydrogens is 392 g/mol. The topological polar surface area (TPSA) is 71.8 Å². The molecule has 162 valence electrons. The highest BCUT2D eigenvalue weighted by Gasteiger charge is 2.33. The zero-order valence-electron chi connectivity index (χ0n) is 18.1. The van der Waals surface area contributed by atoms with Gasteiger partial charge in [0.2, 0.25) is 0 Å². The number of piperidine rings is 1. The number of benzene rings is 2. The normalized spacial score (nSPS) is 21.1. The fourth-order valence-electron chi connectivity index (χ4n) is 4.09. The minimum absolute atomic E-state index is 0.0394. The number of rotatable bonds is 5. The molecule has 0 aromatic heterocycles. The van der Waals surface area contributed by atoms with E-state index in [2.05, 4.69) is 23.1 Å². The van der Waals surface area contributed by atoms with Crippen LogP contribution in [0.25, 0.3) is 16.8 Å². The molecule has 0 spiro atoms. The summed E-state index contributed by atoms with van der Waals surface area (Å²) < 4.78 is 16.4. The number of esters is 1. The van der Waals surface area contributed by atoms with Gasteiger partial charge in [-0.1, -0.05) is 18.2 Å². The Labute approximate surface area is 183 Å². The molecule has 2 heterocycles. The van der Waals surface area contributed by atoms with Gasteiger partial charge in [0.05, 0.1) is 6.61 Å². The number of hydrogen-bond acceptors (Lipinski definition) is 6. The van der Waals surface area contributed by atoms with Gasteiger partial charge in [0.1, 0.15) is 24.4 Å². The van der Waals surface area contributed by atoms with Crippen LogP contribution < -0.4 is 4.90 Å². The number of anilines is 1. The Morgan fingerprint density at radius 1 is 1.19 bits per heavy atom. The maximum absolute atomic E-state index is 12.4. The predicted octanol–water partition coefficient (Wildman–Crippen LogP) is 4.43. The fourth-order valence-corrected chi connectivity index (χ4v) is 4.09. The van der Waals surface area contributed by atoms with E-state index in [0.717, 1.165) is 29.4 Å². The smallest absolute Gasteiger partial charge is 0.348 e. The molecule has 6 heteroatoms. The second-order valence-corrected chi connectivity index (χ2v) is 8.56. The molecule has 2 aliphatic rings.